The van der Waals surface area contributed by atoms with Gasteiger partial charge < -0.3 is 18.9 Å². The highest BCUT2D eigenvalue weighted by molar-refractivity contribution is 6.29. The monoisotopic (exact) mass is 316 g/mol. The highest BCUT2D eigenvalue weighted by Gasteiger charge is 2.40. The lowest BCUT2D eigenvalue weighted by atomic mass is 9.82. The van der Waals surface area contributed by atoms with Gasteiger partial charge in [0.25, 0.3) is 0 Å². The van der Waals surface area contributed by atoms with Gasteiger partial charge in [-0.1, -0.05) is 0 Å². The summed E-state index contributed by atoms with van der Waals surface area (Å²) in [6.07, 6.45) is 0.645. The van der Waals surface area contributed by atoms with E-state index in [1.54, 1.807) is 25.1 Å². The summed E-state index contributed by atoms with van der Waals surface area (Å²) in [7, 11) is 4.35. The Kier molecular flexibility index (Phi) is 3.69. The molecule has 0 bridgehead atoms. The first kappa shape index (κ1) is 15.3. The minimum Gasteiger partial charge on any atom is -0.497 e. The summed E-state index contributed by atoms with van der Waals surface area (Å²) in [5.74, 6) is 0.614. The molecule has 3 rings (SSSR count). The molecule has 120 valence electrons. The van der Waals surface area contributed by atoms with Gasteiger partial charge in [-0.2, -0.15) is 0 Å². The van der Waals surface area contributed by atoms with Crippen LogP contribution in [0.5, 0.6) is 11.5 Å². The summed E-state index contributed by atoms with van der Waals surface area (Å²) in [4.78, 5) is 25.8. The molecule has 6 nitrogen and oxygen atoms in total. The summed E-state index contributed by atoms with van der Waals surface area (Å²) in [5.41, 5.74) is 0.939. The molecule has 0 aromatic heterocycles. The zero-order chi connectivity index (χ0) is 16.7. The van der Waals surface area contributed by atoms with Crippen molar-refractivity contribution in [1.29, 1.82) is 0 Å². The average Bonchev–Trinajstić information content (AvgIpc) is 2.57. The molecule has 0 fully saturated rings. The number of Topliss-reactive ketones (excluding diaryl/α,β-unsaturated/α-hetero) is 2. The van der Waals surface area contributed by atoms with Gasteiger partial charge in [-0.25, -0.2) is 0 Å². The molecule has 1 atom stereocenters. The highest BCUT2D eigenvalue weighted by atomic mass is 16.7. The molecule has 23 heavy (non-hydrogen) atoms. The molecule has 0 amide bonds. The third-order valence-electron chi connectivity index (χ3n) is 3.87. The van der Waals surface area contributed by atoms with Gasteiger partial charge >= 0.3 is 0 Å². The van der Waals surface area contributed by atoms with Crippen molar-refractivity contribution in [3.05, 3.63) is 46.2 Å². The maximum atomic E-state index is 12.9. The molecule has 0 unspecified atom stereocenters. The summed E-state index contributed by atoms with van der Waals surface area (Å²) >= 11 is 0. The number of hydrogen-bond acceptors (Lipinski definition) is 6. The fourth-order valence-electron chi connectivity index (χ4n) is 2.82. The lowest BCUT2D eigenvalue weighted by molar-refractivity contribution is -0.0679. The predicted octanol–water partition coefficient (Wildman–Crippen LogP) is 2.29. The Hall–Kier alpha value is -2.60. The van der Waals surface area contributed by atoms with Crippen LogP contribution in [0, 0.1) is 0 Å². The summed E-state index contributed by atoms with van der Waals surface area (Å²) in [5, 5.41) is 0. The lowest BCUT2D eigenvalue weighted by Gasteiger charge is -2.30. The van der Waals surface area contributed by atoms with Crippen molar-refractivity contribution in [3.8, 4) is 11.5 Å². The Bertz CT molecular complexity index is 772. The van der Waals surface area contributed by atoms with Crippen molar-refractivity contribution in [2.45, 2.75) is 13.2 Å². The van der Waals surface area contributed by atoms with Crippen LogP contribution in [0.15, 0.2) is 35.1 Å². The number of carbonyl (C=O) groups is 2. The number of allylic oxidation sites excluding steroid dienone is 3. The Labute approximate surface area is 133 Å². The van der Waals surface area contributed by atoms with Crippen LogP contribution in [0.4, 0.5) is 0 Å². The molecular formula is C17H16O6. The van der Waals surface area contributed by atoms with E-state index in [0.29, 0.717) is 11.5 Å². The number of ketones is 2. The molecule has 1 aliphatic heterocycles. The van der Waals surface area contributed by atoms with Gasteiger partial charge in [0, 0.05) is 24.3 Å². The number of carbonyl (C=O) groups excluding carboxylic acids is 2. The van der Waals surface area contributed by atoms with Crippen molar-refractivity contribution in [2.75, 3.05) is 21.3 Å². The average molecular weight is 316 g/mol. The van der Waals surface area contributed by atoms with Crippen LogP contribution in [0.25, 0.3) is 0 Å². The highest BCUT2D eigenvalue weighted by Crippen LogP contribution is 2.40. The zero-order valence-corrected chi connectivity index (χ0v) is 13.3. The van der Waals surface area contributed by atoms with Crippen LogP contribution < -0.4 is 9.47 Å². The number of hydrogen-bond donors (Lipinski definition) is 0. The lowest BCUT2D eigenvalue weighted by Crippen LogP contribution is -2.33. The maximum Gasteiger partial charge on any atom is 0.230 e. The van der Waals surface area contributed by atoms with E-state index in [9.17, 15) is 9.59 Å². The van der Waals surface area contributed by atoms with E-state index in [-0.39, 0.29) is 39.6 Å². The Balaban J connectivity index is 2.27. The smallest absolute Gasteiger partial charge is 0.230 e. The normalized spacial score (nSPS) is 19.7. The second-order valence-electron chi connectivity index (χ2n) is 5.18. The van der Waals surface area contributed by atoms with Crippen LogP contribution in [-0.2, 0) is 9.47 Å². The van der Waals surface area contributed by atoms with Crippen LogP contribution in [0.2, 0.25) is 0 Å². The van der Waals surface area contributed by atoms with Crippen molar-refractivity contribution >= 4 is 11.6 Å². The Morgan fingerprint density at radius 1 is 1.04 bits per heavy atom. The fourth-order valence-corrected chi connectivity index (χ4v) is 2.82. The Morgan fingerprint density at radius 3 is 2.39 bits per heavy atom. The minimum absolute atomic E-state index is 0.194. The number of methoxy groups -OCH3 is 3. The quantitative estimate of drug-likeness (QED) is 0.852. The van der Waals surface area contributed by atoms with E-state index in [4.69, 9.17) is 18.9 Å². The third kappa shape index (κ3) is 2.22. The van der Waals surface area contributed by atoms with E-state index in [1.807, 2.05) is 0 Å². The van der Waals surface area contributed by atoms with Crippen molar-refractivity contribution in [2.24, 2.45) is 0 Å². The van der Waals surface area contributed by atoms with Gasteiger partial charge in [0.15, 0.2) is 5.78 Å². The molecule has 1 aromatic carbocycles. The topological polar surface area (TPSA) is 71.1 Å². The fraction of sp³-hybridized carbons (Fsp3) is 0.294. The second-order valence-corrected chi connectivity index (χ2v) is 5.18. The summed E-state index contributed by atoms with van der Waals surface area (Å²) in [6.45, 7) is 1.70. The van der Waals surface area contributed by atoms with Gasteiger partial charge in [0.1, 0.15) is 11.5 Å². The molecule has 2 aliphatic rings. The molecular weight excluding hydrogens is 300 g/mol. The van der Waals surface area contributed by atoms with E-state index in [0.717, 1.165) is 0 Å². The van der Waals surface area contributed by atoms with Crippen molar-refractivity contribution in [3.63, 3.8) is 0 Å². The van der Waals surface area contributed by atoms with E-state index in [1.165, 1.54) is 21.3 Å². The molecule has 1 aliphatic carbocycles. The van der Waals surface area contributed by atoms with E-state index in [2.05, 4.69) is 0 Å². The standard InChI is InChI=1S/C17H16O6/c1-8-5-10-14(17(22-4)23-8)16(19)13-11(15(10)18)6-9(20-2)7-12(13)21-3/h5-7,17H,1-4H3/t17-/m0/s1. The molecule has 0 saturated carbocycles. The predicted molar refractivity (Wildman–Crippen MR) is 80.9 cm³/mol. The molecule has 0 spiro atoms. The molecule has 1 aromatic rings. The van der Waals surface area contributed by atoms with Crippen LogP contribution >= 0.6 is 0 Å². The van der Waals surface area contributed by atoms with Gasteiger partial charge in [-0.05, 0) is 19.1 Å². The number of benzene rings is 1. The van der Waals surface area contributed by atoms with Gasteiger partial charge in [0.05, 0.1) is 31.1 Å². The molecule has 0 radical (unpaired) electrons. The van der Waals surface area contributed by atoms with Gasteiger partial charge in [-0.15, -0.1) is 0 Å². The number of fused-ring (bicyclic) bond motifs is 1. The molecule has 1 heterocycles. The van der Waals surface area contributed by atoms with Crippen LogP contribution in [0.3, 0.4) is 0 Å². The second kappa shape index (κ2) is 5.55. The van der Waals surface area contributed by atoms with E-state index >= 15 is 0 Å². The first-order valence-electron chi connectivity index (χ1n) is 6.99. The Morgan fingerprint density at radius 2 is 1.78 bits per heavy atom. The third-order valence-corrected chi connectivity index (χ3v) is 3.87. The minimum atomic E-state index is -0.911. The summed E-state index contributed by atoms with van der Waals surface area (Å²) < 4.78 is 21.2. The largest absolute Gasteiger partial charge is 0.497 e. The number of rotatable bonds is 3. The van der Waals surface area contributed by atoms with Crippen molar-refractivity contribution < 1.29 is 28.5 Å². The van der Waals surface area contributed by atoms with Gasteiger partial charge in [0.2, 0.25) is 12.1 Å². The van der Waals surface area contributed by atoms with Gasteiger partial charge in [-0.3, -0.25) is 9.59 Å². The zero-order valence-electron chi connectivity index (χ0n) is 13.3. The molecule has 0 N–H and O–H groups in total. The SMILES string of the molecule is COc1cc(OC)c2c(c1)C(=O)C1=C(C2=O)[C@@H](OC)OC(C)=C1. The summed E-state index contributed by atoms with van der Waals surface area (Å²) in [6, 6.07) is 3.12. The molecule has 0 saturated heterocycles. The van der Waals surface area contributed by atoms with Crippen molar-refractivity contribution in [1.82, 2.24) is 0 Å². The van der Waals surface area contributed by atoms with Crippen LogP contribution in [0.1, 0.15) is 27.6 Å². The first-order valence-corrected chi connectivity index (χ1v) is 6.99. The maximum absolute atomic E-state index is 12.9. The number of ether oxygens (including phenoxy) is 4. The van der Waals surface area contributed by atoms with Crippen LogP contribution in [-0.4, -0.2) is 39.2 Å². The molecule has 6 heteroatoms. The first-order chi connectivity index (χ1) is 11.0. The van der Waals surface area contributed by atoms with E-state index < -0.39 is 6.29 Å².